The third-order valence-corrected chi connectivity index (χ3v) is 5.46. The highest BCUT2D eigenvalue weighted by Gasteiger charge is 2.22. The summed E-state index contributed by atoms with van der Waals surface area (Å²) < 4.78 is 29.4. The molecule has 0 bridgehead atoms. The zero-order valence-corrected chi connectivity index (χ0v) is 13.5. The number of hydrogen-bond donors (Lipinski definition) is 1. The Morgan fingerprint density at radius 2 is 2.00 bits per heavy atom. The van der Waals surface area contributed by atoms with Gasteiger partial charge < -0.3 is 0 Å². The van der Waals surface area contributed by atoms with Gasteiger partial charge in [-0.1, -0.05) is 25.3 Å². The van der Waals surface area contributed by atoms with Crippen LogP contribution >= 0.6 is 0 Å². The summed E-state index contributed by atoms with van der Waals surface area (Å²) in [5.74, 6) is 0.472. The molecule has 23 heavy (non-hydrogen) atoms. The van der Waals surface area contributed by atoms with Gasteiger partial charge >= 0.3 is 0 Å². The number of anilines is 1. The first-order chi connectivity index (χ1) is 11.1. The number of nitriles is 1. The Bertz CT molecular complexity index is 830. The molecule has 0 atom stereocenters. The van der Waals surface area contributed by atoms with Gasteiger partial charge in [0.25, 0.3) is 10.0 Å². The van der Waals surface area contributed by atoms with Crippen LogP contribution in [0.4, 0.5) is 5.82 Å². The van der Waals surface area contributed by atoms with Crippen LogP contribution in [0.25, 0.3) is 0 Å². The molecular weight excluding hydrogens is 312 g/mol. The van der Waals surface area contributed by atoms with Crippen LogP contribution in [-0.4, -0.2) is 18.2 Å². The fourth-order valence-electron chi connectivity index (χ4n) is 2.94. The first kappa shape index (κ1) is 15.6. The van der Waals surface area contributed by atoms with Gasteiger partial charge in [-0.05, 0) is 31.0 Å². The van der Waals surface area contributed by atoms with E-state index >= 15 is 0 Å². The molecule has 0 amide bonds. The maximum Gasteiger partial charge on any atom is 0.263 e. The van der Waals surface area contributed by atoms with Crippen LogP contribution in [0.3, 0.4) is 0 Å². The lowest BCUT2D eigenvalue weighted by atomic mass is 9.96. The fourth-order valence-corrected chi connectivity index (χ4v) is 4.04. The highest BCUT2D eigenvalue weighted by molar-refractivity contribution is 7.92. The van der Waals surface area contributed by atoms with Gasteiger partial charge in [0.2, 0.25) is 0 Å². The van der Waals surface area contributed by atoms with E-state index in [1.807, 2.05) is 6.07 Å². The summed E-state index contributed by atoms with van der Waals surface area (Å²) in [5, 5.41) is 13.2. The summed E-state index contributed by atoms with van der Waals surface area (Å²) >= 11 is 0. The predicted molar refractivity (Wildman–Crippen MR) is 86.3 cm³/mol. The summed E-state index contributed by atoms with van der Waals surface area (Å²) in [6.07, 6.45) is 7.14. The van der Waals surface area contributed by atoms with E-state index in [1.54, 1.807) is 29.1 Å². The SMILES string of the molecule is N#Cc1cccc(S(=O)(=O)Nc2ccnn2C2CCCCC2)c1. The van der Waals surface area contributed by atoms with Crippen molar-refractivity contribution in [2.75, 3.05) is 4.72 Å². The molecule has 0 aliphatic heterocycles. The molecule has 7 heteroatoms. The minimum atomic E-state index is -3.74. The van der Waals surface area contributed by atoms with Crippen LogP contribution in [0.15, 0.2) is 41.4 Å². The monoisotopic (exact) mass is 330 g/mol. The normalized spacial score (nSPS) is 16.0. The molecule has 120 valence electrons. The maximum atomic E-state index is 12.5. The van der Waals surface area contributed by atoms with Gasteiger partial charge in [-0.2, -0.15) is 10.4 Å². The van der Waals surface area contributed by atoms with Gasteiger partial charge in [0.05, 0.1) is 28.8 Å². The van der Waals surface area contributed by atoms with Gasteiger partial charge in [-0.3, -0.25) is 4.72 Å². The van der Waals surface area contributed by atoms with Crippen molar-refractivity contribution in [1.82, 2.24) is 9.78 Å². The highest BCUT2D eigenvalue weighted by Crippen LogP contribution is 2.30. The Morgan fingerprint density at radius 1 is 1.22 bits per heavy atom. The Kier molecular flexibility index (Phi) is 4.35. The van der Waals surface area contributed by atoms with E-state index in [0.29, 0.717) is 11.4 Å². The number of benzene rings is 1. The third kappa shape index (κ3) is 3.37. The standard InChI is InChI=1S/C16H18N4O2S/c17-12-13-5-4-8-15(11-13)23(21,22)19-16-9-10-18-20(16)14-6-2-1-3-7-14/h4-5,8-11,14,19H,1-3,6-7H2. The van der Waals surface area contributed by atoms with Gasteiger partial charge in [-0.25, -0.2) is 13.1 Å². The lowest BCUT2D eigenvalue weighted by Crippen LogP contribution is -2.20. The molecule has 6 nitrogen and oxygen atoms in total. The van der Waals surface area contributed by atoms with E-state index in [2.05, 4.69) is 9.82 Å². The van der Waals surface area contributed by atoms with E-state index in [0.717, 1.165) is 25.7 Å². The minimum absolute atomic E-state index is 0.0768. The van der Waals surface area contributed by atoms with E-state index in [-0.39, 0.29) is 10.9 Å². The van der Waals surface area contributed by atoms with Crippen LogP contribution in [0.1, 0.15) is 43.7 Å². The zero-order valence-electron chi connectivity index (χ0n) is 12.6. The molecule has 1 aliphatic rings. The first-order valence-electron chi connectivity index (χ1n) is 7.67. The number of aromatic nitrogens is 2. The van der Waals surface area contributed by atoms with Gasteiger partial charge in [0.1, 0.15) is 5.82 Å². The topological polar surface area (TPSA) is 87.8 Å². The Hall–Kier alpha value is -2.33. The molecular formula is C16H18N4O2S. The number of sulfonamides is 1. The van der Waals surface area contributed by atoms with E-state index in [1.165, 1.54) is 18.6 Å². The largest absolute Gasteiger partial charge is 0.264 e. The van der Waals surface area contributed by atoms with Gasteiger partial charge in [0, 0.05) is 6.07 Å². The van der Waals surface area contributed by atoms with Crippen molar-refractivity contribution in [1.29, 1.82) is 5.26 Å². The molecule has 1 saturated carbocycles. The van der Waals surface area contributed by atoms with Crippen LogP contribution in [0, 0.1) is 11.3 Å². The van der Waals surface area contributed by atoms with E-state index in [4.69, 9.17) is 5.26 Å². The Balaban J connectivity index is 1.86. The van der Waals surface area contributed by atoms with E-state index < -0.39 is 10.0 Å². The van der Waals surface area contributed by atoms with Gasteiger partial charge in [0.15, 0.2) is 0 Å². The van der Waals surface area contributed by atoms with E-state index in [9.17, 15) is 8.42 Å². The third-order valence-electron chi connectivity index (χ3n) is 4.10. The molecule has 1 aromatic heterocycles. The molecule has 1 aromatic carbocycles. The Morgan fingerprint density at radius 3 is 2.74 bits per heavy atom. The quantitative estimate of drug-likeness (QED) is 0.933. The predicted octanol–water partition coefficient (Wildman–Crippen LogP) is 3.06. The molecule has 0 unspecified atom stereocenters. The summed E-state index contributed by atoms with van der Waals surface area (Å²) in [7, 11) is -3.74. The summed E-state index contributed by atoms with van der Waals surface area (Å²) in [4.78, 5) is 0.0768. The zero-order chi connectivity index (χ0) is 16.3. The maximum absolute atomic E-state index is 12.5. The molecule has 3 rings (SSSR count). The second-order valence-corrected chi connectivity index (χ2v) is 7.38. The molecule has 0 saturated heterocycles. The molecule has 1 N–H and O–H groups in total. The number of nitrogens with one attached hydrogen (secondary N) is 1. The lowest BCUT2D eigenvalue weighted by molar-refractivity contribution is 0.333. The van der Waals surface area contributed by atoms with Crippen molar-refractivity contribution >= 4 is 15.8 Å². The summed E-state index contributed by atoms with van der Waals surface area (Å²) in [6, 6.07) is 9.83. The molecule has 1 aliphatic carbocycles. The van der Waals surface area contributed by atoms with Crippen molar-refractivity contribution in [2.45, 2.75) is 43.0 Å². The Labute approximate surface area is 135 Å². The first-order valence-corrected chi connectivity index (χ1v) is 9.15. The average molecular weight is 330 g/mol. The second-order valence-electron chi connectivity index (χ2n) is 5.70. The van der Waals surface area contributed by atoms with Crippen molar-refractivity contribution in [2.24, 2.45) is 0 Å². The van der Waals surface area contributed by atoms with Crippen LogP contribution in [0.5, 0.6) is 0 Å². The average Bonchev–Trinajstić information content (AvgIpc) is 3.03. The number of rotatable bonds is 4. The van der Waals surface area contributed by atoms with Crippen LogP contribution < -0.4 is 4.72 Å². The van der Waals surface area contributed by atoms with Crippen molar-refractivity contribution in [3.05, 3.63) is 42.1 Å². The molecule has 1 fully saturated rings. The lowest BCUT2D eigenvalue weighted by Gasteiger charge is -2.24. The van der Waals surface area contributed by atoms with Crippen molar-refractivity contribution < 1.29 is 8.42 Å². The molecule has 2 aromatic rings. The van der Waals surface area contributed by atoms with Crippen LogP contribution in [-0.2, 0) is 10.0 Å². The summed E-state index contributed by atoms with van der Waals surface area (Å²) in [5.41, 5.74) is 0.314. The number of nitrogens with zero attached hydrogens (tertiary/aromatic N) is 3. The minimum Gasteiger partial charge on any atom is -0.264 e. The van der Waals surface area contributed by atoms with Crippen LogP contribution in [0.2, 0.25) is 0 Å². The highest BCUT2D eigenvalue weighted by atomic mass is 32.2. The second kappa shape index (κ2) is 6.42. The smallest absolute Gasteiger partial charge is 0.263 e. The number of hydrogen-bond acceptors (Lipinski definition) is 4. The molecule has 0 spiro atoms. The molecule has 1 heterocycles. The summed E-state index contributed by atoms with van der Waals surface area (Å²) in [6.45, 7) is 0. The molecule has 0 radical (unpaired) electrons. The van der Waals surface area contributed by atoms with Gasteiger partial charge in [-0.15, -0.1) is 0 Å². The fraction of sp³-hybridized carbons (Fsp3) is 0.375. The van der Waals surface area contributed by atoms with Crippen molar-refractivity contribution in [3.63, 3.8) is 0 Å². The van der Waals surface area contributed by atoms with Crippen molar-refractivity contribution in [3.8, 4) is 6.07 Å².